The molecule has 0 unspecified atom stereocenters. The maximum Gasteiger partial charge on any atom is 0.225 e. The van der Waals surface area contributed by atoms with Gasteiger partial charge in [0.05, 0.1) is 65.7 Å². The number of nitrogens with zero attached hydrogens (tertiary/aromatic N) is 2. The summed E-state index contributed by atoms with van der Waals surface area (Å²) in [5.74, 6) is 0.239. The molecule has 0 saturated carbocycles. The molecule has 2 aliphatic heterocycles. The zero-order valence-electron chi connectivity index (χ0n) is 16.7. The minimum absolute atomic E-state index is 0.119. The van der Waals surface area contributed by atoms with E-state index in [0.29, 0.717) is 91.9 Å². The fraction of sp³-hybridized carbons (Fsp3) is 0.895. The Hall–Kier alpha value is -1.22. The number of morpholine rings is 2. The Bertz CT molecular complexity index is 419. The molecule has 0 aromatic rings. The fourth-order valence-electron chi connectivity index (χ4n) is 3.00. The molecule has 2 rings (SSSR count). The Labute approximate surface area is 162 Å². The van der Waals surface area contributed by atoms with Crippen LogP contribution in [0.4, 0.5) is 0 Å². The molecule has 2 saturated heterocycles. The highest BCUT2D eigenvalue weighted by molar-refractivity contribution is 5.76. The number of carbonyl (C=O) groups excluding carboxylic acids is 2. The number of carbonyl (C=O) groups is 2. The van der Waals surface area contributed by atoms with Crippen molar-refractivity contribution in [2.45, 2.75) is 26.7 Å². The zero-order chi connectivity index (χ0) is 19.5. The Balaban J connectivity index is 1.51. The Morgan fingerprint density at radius 3 is 1.52 bits per heavy atom. The zero-order valence-corrected chi connectivity index (χ0v) is 16.7. The van der Waals surface area contributed by atoms with Crippen molar-refractivity contribution in [3.8, 4) is 0 Å². The summed E-state index contributed by atoms with van der Waals surface area (Å²) in [6.45, 7) is 11.1. The second-order valence-corrected chi connectivity index (χ2v) is 7.76. The van der Waals surface area contributed by atoms with Crippen LogP contribution in [-0.4, -0.2) is 101 Å². The van der Waals surface area contributed by atoms with Crippen LogP contribution in [0.2, 0.25) is 0 Å². The third-order valence-corrected chi connectivity index (χ3v) is 4.63. The summed E-state index contributed by atoms with van der Waals surface area (Å²) in [5.41, 5.74) is -0.163. The first-order valence-electron chi connectivity index (χ1n) is 9.84. The highest BCUT2D eigenvalue weighted by Crippen LogP contribution is 2.16. The second-order valence-electron chi connectivity index (χ2n) is 7.76. The van der Waals surface area contributed by atoms with E-state index in [-0.39, 0.29) is 17.2 Å². The third kappa shape index (κ3) is 8.55. The normalized spacial score (nSPS) is 18.6. The highest BCUT2D eigenvalue weighted by atomic mass is 16.5. The maximum atomic E-state index is 12.0. The molecule has 0 atom stereocenters. The molecular formula is C19H34N2O6. The van der Waals surface area contributed by atoms with Crippen molar-refractivity contribution in [3.05, 3.63) is 0 Å². The first-order valence-corrected chi connectivity index (χ1v) is 9.84. The van der Waals surface area contributed by atoms with Crippen LogP contribution in [0.5, 0.6) is 0 Å². The van der Waals surface area contributed by atoms with Gasteiger partial charge in [-0.1, -0.05) is 13.8 Å². The van der Waals surface area contributed by atoms with Crippen LogP contribution in [0.3, 0.4) is 0 Å². The van der Waals surface area contributed by atoms with Crippen molar-refractivity contribution in [1.29, 1.82) is 0 Å². The Morgan fingerprint density at radius 2 is 1.15 bits per heavy atom. The van der Waals surface area contributed by atoms with Crippen molar-refractivity contribution in [1.82, 2.24) is 9.80 Å². The first-order chi connectivity index (χ1) is 13.0. The average molecular weight is 386 g/mol. The van der Waals surface area contributed by atoms with Crippen molar-refractivity contribution in [2.24, 2.45) is 5.41 Å². The standard InChI is InChI=1S/C19H34N2O6/c1-19(2,15-26-9-3-17(22)20-5-11-24-12-6-20)16-27-10-4-18(23)21-7-13-25-14-8-21/h3-16H2,1-2H3. The van der Waals surface area contributed by atoms with E-state index in [4.69, 9.17) is 18.9 Å². The maximum absolute atomic E-state index is 12.0. The van der Waals surface area contributed by atoms with Crippen molar-refractivity contribution in [2.75, 3.05) is 79.0 Å². The van der Waals surface area contributed by atoms with Gasteiger partial charge in [-0.25, -0.2) is 0 Å². The molecule has 0 aliphatic carbocycles. The van der Waals surface area contributed by atoms with E-state index in [9.17, 15) is 9.59 Å². The van der Waals surface area contributed by atoms with E-state index in [1.807, 2.05) is 9.80 Å². The predicted molar refractivity (Wildman–Crippen MR) is 99.5 cm³/mol. The largest absolute Gasteiger partial charge is 0.380 e. The molecule has 156 valence electrons. The van der Waals surface area contributed by atoms with E-state index in [1.54, 1.807) is 0 Å². The molecule has 8 heteroatoms. The van der Waals surface area contributed by atoms with Crippen LogP contribution in [0.1, 0.15) is 26.7 Å². The van der Waals surface area contributed by atoms with E-state index in [2.05, 4.69) is 13.8 Å². The third-order valence-electron chi connectivity index (χ3n) is 4.63. The van der Waals surface area contributed by atoms with Crippen LogP contribution in [0.25, 0.3) is 0 Å². The Kier molecular flexibility index (Phi) is 9.47. The number of rotatable bonds is 10. The molecule has 27 heavy (non-hydrogen) atoms. The summed E-state index contributed by atoms with van der Waals surface area (Å²) in [6.07, 6.45) is 0.788. The van der Waals surface area contributed by atoms with Crippen molar-refractivity contribution < 1.29 is 28.5 Å². The minimum atomic E-state index is -0.163. The second kappa shape index (κ2) is 11.6. The summed E-state index contributed by atoms with van der Waals surface area (Å²) < 4.78 is 21.9. The quantitative estimate of drug-likeness (QED) is 0.510. The van der Waals surface area contributed by atoms with Gasteiger partial charge in [0.1, 0.15) is 0 Å². The molecule has 0 N–H and O–H groups in total. The van der Waals surface area contributed by atoms with Gasteiger partial charge in [-0.2, -0.15) is 0 Å². The molecule has 2 heterocycles. The van der Waals surface area contributed by atoms with Crippen LogP contribution < -0.4 is 0 Å². The van der Waals surface area contributed by atoms with Gasteiger partial charge in [0.25, 0.3) is 0 Å². The molecule has 0 bridgehead atoms. The summed E-state index contributed by atoms with van der Waals surface area (Å²) in [4.78, 5) is 27.8. The van der Waals surface area contributed by atoms with E-state index in [1.165, 1.54) is 0 Å². The number of hydrogen-bond donors (Lipinski definition) is 0. The lowest BCUT2D eigenvalue weighted by molar-refractivity contribution is -0.136. The predicted octanol–water partition coefficient (Wildman–Crippen LogP) is 0.544. The first kappa shape index (κ1) is 22.1. The van der Waals surface area contributed by atoms with Crippen LogP contribution in [0.15, 0.2) is 0 Å². The van der Waals surface area contributed by atoms with E-state index >= 15 is 0 Å². The van der Waals surface area contributed by atoms with Gasteiger partial charge in [-0.3, -0.25) is 9.59 Å². The topological polar surface area (TPSA) is 77.5 Å². The monoisotopic (exact) mass is 386 g/mol. The molecule has 2 fully saturated rings. The highest BCUT2D eigenvalue weighted by Gasteiger charge is 2.21. The van der Waals surface area contributed by atoms with Gasteiger partial charge >= 0.3 is 0 Å². The average Bonchev–Trinajstić information content (AvgIpc) is 2.69. The Morgan fingerprint density at radius 1 is 0.778 bits per heavy atom. The minimum Gasteiger partial charge on any atom is -0.380 e. The van der Waals surface area contributed by atoms with Gasteiger partial charge in [-0.05, 0) is 0 Å². The lowest BCUT2D eigenvalue weighted by Gasteiger charge is -2.28. The van der Waals surface area contributed by atoms with Crippen molar-refractivity contribution >= 4 is 11.8 Å². The summed E-state index contributed by atoms with van der Waals surface area (Å²) in [7, 11) is 0. The molecular weight excluding hydrogens is 352 g/mol. The molecule has 2 amide bonds. The number of ether oxygens (including phenoxy) is 4. The molecule has 8 nitrogen and oxygen atoms in total. The van der Waals surface area contributed by atoms with Crippen molar-refractivity contribution in [3.63, 3.8) is 0 Å². The number of hydrogen-bond acceptors (Lipinski definition) is 6. The van der Waals surface area contributed by atoms with Gasteiger partial charge < -0.3 is 28.7 Å². The lowest BCUT2D eigenvalue weighted by atomic mass is 9.96. The molecule has 0 radical (unpaired) electrons. The van der Waals surface area contributed by atoms with Gasteiger partial charge in [0.15, 0.2) is 0 Å². The molecule has 0 spiro atoms. The van der Waals surface area contributed by atoms with Gasteiger partial charge in [0, 0.05) is 31.6 Å². The summed E-state index contributed by atoms with van der Waals surface area (Å²) in [6, 6.07) is 0. The van der Waals surface area contributed by atoms with Crippen LogP contribution in [0, 0.1) is 5.41 Å². The van der Waals surface area contributed by atoms with E-state index in [0.717, 1.165) is 0 Å². The van der Waals surface area contributed by atoms with Gasteiger partial charge in [-0.15, -0.1) is 0 Å². The SMILES string of the molecule is CC(C)(COCCC(=O)N1CCOCC1)COCCC(=O)N1CCOCC1. The summed E-state index contributed by atoms with van der Waals surface area (Å²) in [5, 5.41) is 0. The fourth-order valence-corrected chi connectivity index (χ4v) is 3.00. The van der Waals surface area contributed by atoms with Crippen LogP contribution >= 0.6 is 0 Å². The van der Waals surface area contributed by atoms with Gasteiger partial charge in [0.2, 0.25) is 11.8 Å². The smallest absolute Gasteiger partial charge is 0.225 e. The summed E-state index contributed by atoms with van der Waals surface area (Å²) >= 11 is 0. The van der Waals surface area contributed by atoms with E-state index < -0.39 is 0 Å². The molecule has 2 aliphatic rings. The molecule has 0 aromatic heterocycles. The molecule has 0 aromatic carbocycles. The number of amides is 2. The lowest BCUT2D eigenvalue weighted by Crippen LogP contribution is -2.41. The van der Waals surface area contributed by atoms with Crippen LogP contribution in [-0.2, 0) is 28.5 Å².